The third-order valence-electron chi connectivity index (χ3n) is 3.54. The zero-order valence-electron chi connectivity index (χ0n) is 11.1. The molecule has 4 heteroatoms. The summed E-state index contributed by atoms with van der Waals surface area (Å²) in [4.78, 5) is 6.69. The third kappa shape index (κ3) is 3.68. The lowest BCUT2D eigenvalue weighted by Crippen LogP contribution is -2.18. The van der Waals surface area contributed by atoms with Crippen LogP contribution >= 0.6 is 0 Å². The Hall–Kier alpha value is -1.13. The van der Waals surface area contributed by atoms with Crippen molar-refractivity contribution in [1.29, 1.82) is 0 Å². The highest BCUT2D eigenvalue weighted by molar-refractivity contribution is 5.26. The average molecular weight is 249 g/mol. The Morgan fingerprint density at radius 1 is 1.39 bits per heavy atom. The van der Waals surface area contributed by atoms with Gasteiger partial charge in [0.1, 0.15) is 12.4 Å². The summed E-state index contributed by atoms with van der Waals surface area (Å²) in [5.74, 6) is 1.46. The van der Waals surface area contributed by atoms with E-state index in [1.54, 1.807) is 6.20 Å². The monoisotopic (exact) mass is 249 g/mol. The van der Waals surface area contributed by atoms with E-state index in [4.69, 9.17) is 10.5 Å². The van der Waals surface area contributed by atoms with E-state index in [-0.39, 0.29) is 0 Å². The second-order valence-corrected chi connectivity index (χ2v) is 5.02. The van der Waals surface area contributed by atoms with Gasteiger partial charge in [-0.25, -0.2) is 0 Å². The number of rotatable bonds is 4. The SMILES string of the molecule is CN1CCCC(c2cncc(OCCN)c2)CC1. The van der Waals surface area contributed by atoms with Crippen LogP contribution in [0.5, 0.6) is 5.75 Å². The summed E-state index contributed by atoms with van der Waals surface area (Å²) in [6.45, 7) is 3.46. The number of pyridine rings is 1. The largest absolute Gasteiger partial charge is 0.491 e. The van der Waals surface area contributed by atoms with Gasteiger partial charge < -0.3 is 15.4 Å². The molecule has 1 fully saturated rings. The number of hydrogen-bond acceptors (Lipinski definition) is 4. The molecule has 1 unspecified atom stereocenters. The second kappa shape index (κ2) is 6.71. The number of ether oxygens (including phenoxy) is 1. The summed E-state index contributed by atoms with van der Waals surface area (Å²) in [5, 5.41) is 0. The van der Waals surface area contributed by atoms with Crippen LogP contribution in [0.3, 0.4) is 0 Å². The predicted octanol–water partition coefficient (Wildman–Crippen LogP) is 1.62. The van der Waals surface area contributed by atoms with E-state index in [1.165, 1.54) is 37.9 Å². The van der Waals surface area contributed by atoms with Gasteiger partial charge in [-0.3, -0.25) is 4.98 Å². The molecule has 0 spiro atoms. The standard InChI is InChI=1S/C14H23N3O/c1-17-6-2-3-12(4-7-17)13-9-14(11-16-10-13)18-8-5-15/h9-12H,2-8,15H2,1H3. The van der Waals surface area contributed by atoms with Crippen molar-refractivity contribution in [2.45, 2.75) is 25.2 Å². The maximum Gasteiger partial charge on any atom is 0.137 e. The van der Waals surface area contributed by atoms with Crippen LogP contribution in [-0.2, 0) is 0 Å². The summed E-state index contributed by atoms with van der Waals surface area (Å²) in [6.07, 6.45) is 7.45. The highest BCUT2D eigenvalue weighted by Crippen LogP contribution is 2.29. The lowest BCUT2D eigenvalue weighted by Gasteiger charge is -2.16. The van der Waals surface area contributed by atoms with Crippen LogP contribution in [0.4, 0.5) is 0 Å². The molecule has 1 aliphatic heterocycles. The van der Waals surface area contributed by atoms with Crippen molar-refractivity contribution in [2.75, 3.05) is 33.3 Å². The molecular formula is C14H23N3O. The molecule has 4 nitrogen and oxygen atoms in total. The first-order valence-corrected chi connectivity index (χ1v) is 6.76. The summed E-state index contributed by atoms with van der Waals surface area (Å²) in [5.41, 5.74) is 6.75. The first kappa shape index (κ1) is 13.3. The number of nitrogens with zero attached hydrogens (tertiary/aromatic N) is 2. The molecular weight excluding hydrogens is 226 g/mol. The zero-order valence-corrected chi connectivity index (χ0v) is 11.1. The van der Waals surface area contributed by atoms with Gasteiger partial charge in [-0.15, -0.1) is 0 Å². The number of hydrogen-bond donors (Lipinski definition) is 1. The third-order valence-corrected chi connectivity index (χ3v) is 3.54. The van der Waals surface area contributed by atoms with Crippen LogP contribution in [0.2, 0.25) is 0 Å². The summed E-state index contributed by atoms with van der Waals surface area (Å²) < 4.78 is 5.54. The van der Waals surface area contributed by atoms with E-state index in [9.17, 15) is 0 Å². The Kier molecular flexibility index (Phi) is 4.96. The molecule has 100 valence electrons. The van der Waals surface area contributed by atoms with Gasteiger partial charge >= 0.3 is 0 Å². The summed E-state index contributed by atoms with van der Waals surface area (Å²) in [6, 6.07) is 2.12. The minimum Gasteiger partial charge on any atom is -0.491 e. The number of likely N-dealkylation sites (tertiary alicyclic amines) is 1. The molecule has 2 rings (SSSR count). The molecule has 0 aliphatic carbocycles. The van der Waals surface area contributed by atoms with Crippen molar-refractivity contribution >= 4 is 0 Å². The Morgan fingerprint density at radius 2 is 2.28 bits per heavy atom. The predicted molar refractivity (Wildman–Crippen MR) is 72.9 cm³/mol. The number of aromatic nitrogens is 1. The van der Waals surface area contributed by atoms with Gasteiger partial charge in [0.2, 0.25) is 0 Å². The molecule has 1 aliphatic rings. The van der Waals surface area contributed by atoms with Crippen LogP contribution in [0.1, 0.15) is 30.7 Å². The molecule has 1 saturated heterocycles. The quantitative estimate of drug-likeness (QED) is 0.881. The number of nitrogens with two attached hydrogens (primary N) is 1. The Bertz CT molecular complexity index is 370. The van der Waals surface area contributed by atoms with Gasteiger partial charge in [-0.05, 0) is 56.9 Å². The van der Waals surface area contributed by atoms with E-state index >= 15 is 0 Å². The molecule has 1 aromatic rings. The minimum atomic E-state index is 0.540. The van der Waals surface area contributed by atoms with Crippen molar-refractivity contribution < 1.29 is 4.74 Å². The molecule has 2 heterocycles. The topological polar surface area (TPSA) is 51.4 Å². The fraction of sp³-hybridized carbons (Fsp3) is 0.643. The summed E-state index contributed by atoms with van der Waals surface area (Å²) >= 11 is 0. The van der Waals surface area contributed by atoms with Gasteiger partial charge in [0.05, 0.1) is 6.20 Å². The minimum absolute atomic E-state index is 0.540. The van der Waals surface area contributed by atoms with E-state index < -0.39 is 0 Å². The van der Waals surface area contributed by atoms with Gasteiger partial charge in [0, 0.05) is 12.7 Å². The van der Waals surface area contributed by atoms with Gasteiger partial charge in [-0.1, -0.05) is 0 Å². The maximum absolute atomic E-state index is 5.54. The maximum atomic E-state index is 5.54. The highest BCUT2D eigenvalue weighted by Gasteiger charge is 2.17. The van der Waals surface area contributed by atoms with Crippen LogP contribution in [0.15, 0.2) is 18.5 Å². The Labute approximate surface area is 109 Å². The average Bonchev–Trinajstić information content (AvgIpc) is 2.61. The van der Waals surface area contributed by atoms with Gasteiger partial charge in [0.25, 0.3) is 0 Å². The molecule has 18 heavy (non-hydrogen) atoms. The van der Waals surface area contributed by atoms with Crippen LogP contribution in [-0.4, -0.2) is 43.2 Å². The summed E-state index contributed by atoms with van der Waals surface area (Å²) in [7, 11) is 2.20. The molecule has 0 aromatic carbocycles. The Morgan fingerprint density at radius 3 is 3.11 bits per heavy atom. The lowest BCUT2D eigenvalue weighted by atomic mass is 9.93. The fourth-order valence-electron chi connectivity index (χ4n) is 2.49. The van der Waals surface area contributed by atoms with E-state index in [1.807, 2.05) is 6.20 Å². The fourth-order valence-corrected chi connectivity index (χ4v) is 2.49. The smallest absolute Gasteiger partial charge is 0.137 e. The molecule has 0 saturated carbocycles. The molecule has 0 radical (unpaired) electrons. The molecule has 0 bridgehead atoms. The normalized spacial score (nSPS) is 21.6. The van der Waals surface area contributed by atoms with Crippen molar-refractivity contribution in [2.24, 2.45) is 5.73 Å². The van der Waals surface area contributed by atoms with E-state index in [0.29, 0.717) is 19.1 Å². The molecule has 0 amide bonds. The van der Waals surface area contributed by atoms with Crippen molar-refractivity contribution in [3.63, 3.8) is 0 Å². The van der Waals surface area contributed by atoms with Crippen LogP contribution < -0.4 is 10.5 Å². The van der Waals surface area contributed by atoms with Crippen LogP contribution in [0.25, 0.3) is 0 Å². The molecule has 1 aromatic heterocycles. The lowest BCUT2D eigenvalue weighted by molar-refractivity contribution is 0.326. The first-order valence-electron chi connectivity index (χ1n) is 6.76. The zero-order chi connectivity index (χ0) is 12.8. The first-order chi connectivity index (χ1) is 8.79. The van der Waals surface area contributed by atoms with E-state index in [0.717, 1.165) is 5.75 Å². The van der Waals surface area contributed by atoms with Gasteiger partial charge in [0.15, 0.2) is 0 Å². The van der Waals surface area contributed by atoms with Crippen LogP contribution in [0, 0.1) is 0 Å². The van der Waals surface area contributed by atoms with Crippen molar-refractivity contribution in [3.8, 4) is 5.75 Å². The van der Waals surface area contributed by atoms with Crippen molar-refractivity contribution in [3.05, 3.63) is 24.0 Å². The second-order valence-electron chi connectivity index (χ2n) is 5.02. The highest BCUT2D eigenvalue weighted by atomic mass is 16.5. The van der Waals surface area contributed by atoms with Crippen molar-refractivity contribution in [1.82, 2.24) is 9.88 Å². The molecule has 1 atom stereocenters. The Balaban J connectivity index is 2.02. The van der Waals surface area contributed by atoms with E-state index in [2.05, 4.69) is 23.0 Å². The molecule has 2 N–H and O–H groups in total. The van der Waals surface area contributed by atoms with Gasteiger partial charge in [-0.2, -0.15) is 0 Å².